The third kappa shape index (κ3) is 3.49. The molecule has 6 nitrogen and oxygen atoms in total. The Hall–Kier alpha value is -1.60. The number of ether oxygens (including phenoxy) is 1. The second-order valence-electron chi connectivity index (χ2n) is 4.94. The molecule has 0 aliphatic carbocycles. The highest BCUT2D eigenvalue weighted by Crippen LogP contribution is 2.22. The van der Waals surface area contributed by atoms with Crippen LogP contribution in [0.5, 0.6) is 0 Å². The molecule has 2 amide bonds. The van der Waals surface area contributed by atoms with Crippen molar-refractivity contribution in [2.75, 3.05) is 18.5 Å². The molecule has 1 aromatic rings. The van der Waals surface area contributed by atoms with Gasteiger partial charge in [-0.25, -0.2) is 9.59 Å². The highest BCUT2D eigenvalue weighted by molar-refractivity contribution is 9.10. The summed E-state index contributed by atoms with van der Waals surface area (Å²) >= 11 is 3.25. The Kier molecular flexibility index (Phi) is 4.29. The number of carboxylic acid groups (broad SMARTS) is 1. The zero-order valence-electron chi connectivity index (χ0n) is 10.9. The number of halogens is 1. The highest BCUT2D eigenvalue weighted by atomic mass is 79.9. The van der Waals surface area contributed by atoms with E-state index in [9.17, 15) is 9.59 Å². The third-order valence-corrected chi connectivity index (χ3v) is 3.59. The van der Waals surface area contributed by atoms with Crippen LogP contribution in [0.2, 0.25) is 0 Å². The normalized spacial score (nSPS) is 21.5. The molecule has 3 N–H and O–H groups in total. The summed E-state index contributed by atoms with van der Waals surface area (Å²) in [6.45, 7) is 2.94. The fourth-order valence-corrected chi connectivity index (χ4v) is 2.36. The first kappa shape index (κ1) is 14.8. The van der Waals surface area contributed by atoms with Crippen LogP contribution < -0.4 is 10.6 Å². The molecule has 7 heteroatoms. The fraction of sp³-hybridized carbons (Fsp3) is 0.385. The molecule has 1 aliphatic heterocycles. The standard InChI is InChI=1S/C13H15BrN2O4/c1-13(4-5-20-7-13)16-12(19)15-10-6-8(14)2-3-9(10)11(17)18/h2-3,6H,4-5,7H2,1H3,(H,17,18)(H2,15,16,19). The van der Waals surface area contributed by atoms with Gasteiger partial charge in [-0.1, -0.05) is 15.9 Å². The van der Waals surface area contributed by atoms with Gasteiger partial charge >= 0.3 is 12.0 Å². The first-order valence-corrected chi connectivity index (χ1v) is 6.89. The summed E-state index contributed by atoms with van der Waals surface area (Å²) in [5, 5.41) is 14.5. The quantitative estimate of drug-likeness (QED) is 0.787. The lowest BCUT2D eigenvalue weighted by molar-refractivity contribution is 0.0698. The van der Waals surface area contributed by atoms with Gasteiger partial charge < -0.3 is 20.5 Å². The molecule has 108 valence electrons. The van der Waals surface area contributed by atoms with E-state index >= 15 is 0 Å². The van der Waals surface area contributed by atoms with Gasteiger partial charge in [0.1, 0.15) is 0 Å². The Balaban J connectivity index is 2.11. The lowest BCUT2D eigenvalue weighted by Gasteiger charge is -2.23. The van der Waals surface area contributed by atoms with E-state index in [4.69, 9.17) is 9.84 Å². The van der Waals surface area contributed by atoms with E-state index in [1.807, 2.05) is 6.92 Å². The smallest absolute Gasteiger partial charge is 0.337 e. The Labute approximate surface area is 124 Å². The predicted molar refractivity (Wildman–Crippen MR) is 77.1 cm³/mol. The van der Waals surface area contributed by atoms with Gasteiger partial charge in [-0.05, 0) is 31.5 Å². The van der Waals surface area contributed by atoms with Crippen LogP contribution in [-0.4, -0.2) is 35.9 Å². The molecule has 0 spiro atoms. The van der Waals surface area contributed by atoms with Crippen LogP contribution >= 0.6 is 15.9 Å². The second kappa shape index (κ2) is 5.80. The summed E-state index contributed by atoms with van der Waals surface area (Å²) < 4.78 is 5.94. The molecular formula is C13H15BrN2O4. The van der Waals surface area contributed by atoms with Crippen LogP contribution in [0.15, 0.2) is 22.7 Å². The number of carbonyl (C=O) groups is 2. The summed E-state index contributed by atoms with van der Waals surface area (Å²) in [6, 6.07) is 4.15. The van der Waals surface area contributed by atoms with Crippen molar-refractivity contribution in [3.05, 3.63) is 28.2 Å². The van der Waals surface area contributed by atoms with Crippen LogP contribution in [0.1, 0.15) is 23.7 Å². The fourth-order valence-electron chi connectivity index (χ4n) is 2.00. The highest BCUT2D eigenvalue weighted by Gasteiger charge is 2.31. The molecule has 0 aromatic heterocycles. The summed E-state index contributed by atoms with van der Waals surface area (Å²) in [5.74, 6) is -1.09. The van der Waals surface area contributed by atoms with Crippen molar-refractivity contribution >= 4 is 33.6 Å². The maximum absolute atomic E-state index is 12.0. The first-order valence-electron chi connectivity index (χ1n) is 6.09. The van der Waals surface area contributed by atoms with Crippen LogP contribution in [0.25, 0.3) is 0 Å². The van der Waals surface area contributed by atoms with E-state index in [-0.39, 0.29) is 11.3 Å². The van der Waals surface area contributed by atoms with E-state index in [0.717, 1.165) is 6.42 Å². The molecule has 0 bridgehead atoms. The third-order valence-electron chi connectivity index (χ3n) is 3.09. The number of hydrogen-bond donors (Lipinski definition) is 3. The van der Waals surface area contributed by atoms with Gasteiger partial charge in [0.25, 0.3) is 0 Å². The van der Waals surface area contributed by atoms with Crippen LogP contribution in [0.3, 0.4) is 0 Å². The van der Waals surface area contributed by atoms with Crippen molar-refractivity contribution in [3.8, 4) is 0 Å². The molecule has 1 atom stereocenters. The number of hydrogen-bond acceptors (Lipinski definition) is 3. The molecule has 1 aliphatic rings. The van der Waals surface area contributed by atoms with Crippen molar-refractivity contribution in [2.45, 2.75) is 18.9 Å². The molecule has 0 radical (unpaired) electrons. The minimum absolute atomic E-state index is 0.0381. The summed E-state index contributed by atoms with van der Waals surface area (Å²) in [6.07, 6.45) is 0.727. The Morgan fingerprint density at radius 3 is 2.80 bits per heavy atom. The summed E-state index contributed by atoms with van der Waals surface area (Å²) in [7, 11) is 0. The molecule has 1 aromatic carbocycles. The molecule has 2 rings (SSSR count). The maximum atomic E-state index is 12.0. The van der Waals surface area contributed by atoms with Crippen molar-refractivity contribution in [1.29, 1.82) is 0 Å². The molecule has 1 unspecified atom stereocenters. The van der Waals surface area contributed by atoms with Crippen molar-refractivity contribution in [1.82, 2.24) is 5.32 Å². The van der Waals surface area contributed by atoms with Crippen LogP contribution in [0.4, 0.5) is 10.5 Å². The topological polar surface area (TPSA) is 87.7 Å². The largest absolute Gasteiger partial charge is 0.478 e. The summed E-state index contributed by atoms with van der Waals surface area (Å²) in [4.78, 5) is 23.1. The number of aromatic carboxylic acids is 1. The van der Waals surface area contributed by atoms with Gasteiger partial charge in [0.05, 0.1) is 23.4 Å². The number of carboxylic acids is 1. The average molecular weight is 343 g/mol. The van der Waals surface area contributed by atoms with E-state index in [2.05, 4.69) is 26.6 Å². The van der Waals surface area contributed by atoms with Gasteiger partial charge in [0.15, 0.2) is 0 Å². The van der Waals surface area contributed by atoms with E-state index < -0.39 is 17.5 Å². The molecule has 1 saturated heterocycles. The Bertz CT molecular complexity index is 541. The van der Waals surface area contributed by atoms with Crippen molar-refractivity contribution in [2.24, 2.45) is 0 Å². The number of urea groups is 1. The lowest BCUT2D eigenvalue weighted by Crippen LogP contribution is -2.48. The molecule has 1 fully saturated rings. The number of nitrogens with one attached hydrogen (secondary N) is 2. The predicted octanol–water partition coefficient (Wildman–Crippen LogP) is 2.45. The van der Waals surface area contributed by atoms with Gasteiger partial charge in [-0.15, -0.1) is 0 Å². The zero-order valence-corrected chi connectivity index (χ0v) is 12.5. The van der Waals surface area contributed by atoms with Gasteiger partial charge in [-0.3, -0.25) is 0 Å². The number of amides is 2. The maximum Gasteiger partial charge on any atom is 0.337 e. The first-order chi connectivity index (χ1) is 9.39. The van der Waals surface area contributed by atoms with Crippen LogP contribution in [-0.2, 0) is 4.74 Å². The summed E-state index contributed by atoms with van der Waals surface area (Å²) in [5.41, 5.74) is -0.137. The minimum Gasteiger partial charge on any atom is -0.478 e. The number of rotatable bonds is 3. The van der Waals surface area contributed by atoms with Gasteiger partial charge in [-0.2, -0.15) is 0 Å². The van der Waals surface area contributed by atoms with Gasteiger partial charge in [0.2, 0.25) is 0 Å². The van der Waals surface area contributed by atoms with Crippen molar-refractivity contribution < 1.29 is 19.4 Å². The van der Waals surface area contributed by atoms with E-state index in [0.29, 0.717) is 17.7 Å². The monoisotopic (exact) mass is 342 g/mol. The van der Waals surface area contributed by atoms with Crippen molar-refractivity contribution in [3.63, 3.8) is 0 Å². The lowest BCUT2D eigenvalue weighted by atomic mass is 10.0. The SMILES string of the molecule is CC1(NC(=O)Nc2cc(Br)ccc2C(=O)O)CCOC1. The molecule has 0 saturated carbocycles. The second-order valence-corrected chi connectivity index (χ2v) is 5.85. The average Bonchev–Trinajstić information content (AvgIpc) is 2.74. The van der Waals surface area contributed by atoms with E-state index in [1.54, 1.807) is 12.1 Å². The Morgan fingerprint density at radius 1 is 1.45 bits per heavy atom. The number of carbonyl (C=O) groups excluding carboxylic acids is 1. The zero-order chi connectivity index (χ0) is 14.8. The van der Waals surface area contributed by atoms with Crippen LogP contribution in [0, 0.1) is 0 Å². The van der Waals surface area contributed by atoms with Gasteiger partial charge in [0, 0.05) is 11.1 Å². The minimum atomic E-state index is -1.09. The number of benzene rings is 1. The molecule has 1 heterocycles. The number of anilines is 1. The van der Waals surface area contributed by atoms with E-state index in [1.165, 1.54) is 6.07 Å². The molecule has 20 heavy (non-hydrogen) atoms. The molecular weight excluding hydrogens is 328 g/mol. The Morgan fingerprint density at radius 2 is 2.20 bits per heavy atom.